The molecule has 0 aliphatic carbocycles. The molecule has 0 atom stereocenters. The van der Waals surface area contributed by atoms with Crippen molar-refractivity contribution in [2.24, 2.45) is 7.05 Å². The molecule has 1 aromatic heterocycles. The highest BCUT2D eigenvalue weighted by Gasteiger charge is 2.13. The number of aryl methyl sites for hydroxylation is 1. The zero-order valence-corrected chi connectivity index (χ0v) is 17.0. The predicted octanol–water partition coefficient (Wildman–Crippen LogP) is 4.38. The van der Waals surface area contributed by atoms with E-state index in [0.29, 0.717) is 32.5 Å². The van der Waals surface area contributed by atoms with Crippen LogP contribution in [-0.2, 0) is 7.05 Å². The number of nitriles is 2. The number of aromatic nitrogens is 3. The fraction of sp³-hybridized carbons (Fsp3) is 0.0500. The van der Waals surface area contributed by atoms with E-state index in [-0.39, 0.29) is 11.8 Å². The maximum Gasteiger partial charge on any atom is 0.309 e. The number of nitrogens with zero attached hydrogens (tertiary/aromatic N) is 5. The lowest BCUT2D eigenvalue weighted by Crippen LogP contribution is -2.25. The van der Waals surface area contributed by atoms with Crippen molar-refractivity contribution in [1.29, 1.82) is 10.5 Å². The van der Waals surface area contributed by atoms with E-state index in [0.717, 1.165) is 4.68 Å². The van der Waals surface area contributed by atoms with Crippen LogP contribution in [0.5, 0.6) is 0 Å². The van der Waals surface area contributed by atoms with Crippen molar-refractivity contribution in [3.63, 3.8) is 0 Å². The molecule has 10 heteroatoms. The van der Waals surface area contributed by atoms with Crippen LogP contribution >= 0.6 is 23.2 Å². The lowest BCUT2D eigenvalue weighted by Gasteiger charge is -2.12. The number of hydrogen-bond acceptors (Lipinski definition) is 7. The minimum absolute atomic E-state index is 0.0283. The van der Waals surface area contributed by atoms with Crippen molar-refractivity contribution < 1.29 is 0 Å². The van der Waals surface area contributed by atoms with Crippen LogP contribution in [0.2, 0.25) is 10.0 Å². The highest BCUT2D eigenvalue weighted by Crippen LogP contribution is 2.34. The van der Waals surface area contributed by atoms with Gasteiger partial charge in [-0.1, -0.05) is 23.2 Å². The van der Waals surface area contributed by atoms with Crippen LogP contribution in [0.25, 0.3) is 6.08 Å². The van der Waals surface area contributed by atoms with Crippen LogP contribution in [0, 0.1) is 22.7 Å². The summed E-state index contributed by atoms with van der Waals surface area (Å²) in [5.74, 6) is 0.123. The Bertz CT molecular complexity index is 1250. The Balaban J connectivity index is 1.92. The zero-order valence-electron chi connectivity index (χ0n) is 15.5. The van der Waals surface area contributed by atoms with Crippen molar-refractivity contribution in [1.82, 2.24) is 14.8 Å². The number of anilines is 4. The third kappa shape index (κ3) is 4.76. The molecule has 0 saturated carbocycles. The van der Waals surface area contributed by atoms with E-state index < -0.39 is 5.56 Å². The summed E-state index contributed by atoms with van der Waals surface area (Å²) in [6.45, 7) is 0. The van der Waals surface area contributed by atoms with Gasteiger partial charge in [0.15, 0.2) is 0 Å². The van der Waals surface area contributed by atoms with Gasteiger partial charge in [-0.15, -0.1) is 5.10 Å². The van der Waals surface area contributed by atoms with Gasteiger partial charge in [0.25, 0.3) is 0 Å². The van der Waals surface area contributed by atoms with Crippen LogP contribution in [0.4, 0.5) is 23.1 Å². The molecule has 2 N–H and O–H groups in total. The molecule has 0 aliphatic rings. The van der Waals surface area contributed by atoms with E-state index >= 15 is 0 Å². The fourth-order valence-corrected chi connectivity index (χ4v) is 3.07. The molecule has 0 amide bonds. The first kappa shape index (κ1) is 20.9. The van der Waals surface area contributed by atoms with Crippen LogP contribution in [0.1, 0.15) is 11.1 Å². The third-order valence-electron chi connectivity index (χ3n) is 3.89. The van der Waals surface area contributed by atoms with Crippen LogP contribution in [-0.4, -0.2) is 14.8 Å². The van der Waals surface area contributed by atoms with Gasteiger partial charge in [0.05, 0.1) is 33.4 Å². The summed E-state index contributed by atoms with van der Waals surface area (Å²) in [7, 11) is 1.48. The van der Waals surface area contributed by atoms with Crippen LogP contribution in [0.15, 0.2) is 47.3 Å². The molecule has 0 aliphatic heterocycles. The summed E-state index contributed by atoms with van der Waals surface area (Å²) in [6.07, 6.45) is 2.89. The Kier molecular flexibility index (Phi) is 6.33. The Morgan fingerprint density at radius 2 is 1.77 bits per heavy atom. The highest BCUT2D eigenvalue weighted by atomic mass is 35.5. The zero-order chi connectivity index (χ0) is 21.7. The van der Waals surface area contributed by atoms with E-state index in [1.54, 1.807) is 42.5 Å². The normalized spacial score (nSPS) is 10.4. The average molecular weight is 438 g/mol. The standard InChI is InChI=1S/C20H13Cl2N7O/c1-29-19(30)18(25-14-6-4-12(11-24)5-7-14)27-20(28-29)26-17-15(21)9-13(3-2-8-23)10-16(17)22/h2-7,9-10H,1H3,(H2,25,26,27,28). The van der Waals surface area contributed by atoms with Gasteiger partial charge in [-0.05, 0) is 48.0 Å². The molecular formula is C20H13Cl2N7O. The molecule has 0 fully saturated rings. The van der Waals surface area contributed by atoms with Crippen LogP contribution < -0.4 is 16.2 Å². The molecule has 1 heterocycles. The van der Waals surface area contributed by atoms with Gasteiger partial charge in [0.1, 0.15) is 0 Å². The molecule has 3 rings (SSSR count). The Hall–Kier alpha value is -3.85. The van der Waals surface area contributed by atoms with Gasteiger partial charge in [0, 0.05) is 18.8 Å². The van der Waals surface area contributed by atoms with Gasteiger partial charge < -0.3 is 10.6 Å². The lowest BCUT2D eigenvalue weighted by atomic mass is 10.2. The largest absolute Gasteiger partial charge is 0.335 e. The predicted molar refractivity (Wildman–Crippen MR) is 116 cm³/mol. The number of benzene rings is 2. The maximum absolute atomic E-state index is 12.4. The molecule has 8 nitrogen and oxygen atoms in total. The second-order valence-corrected chi connectivity index (χ2v) is 6.79. The van der Waals surface area contributed by atoms with Gasteiger partial charge >= 0.3 is 5.56 Å². The molecule has 0 bridgehead atoms. The number of halogens is 2. The van der Waals surface area contributed by atoms with E-state index in [9.17, 15) is 4.79 Å². The summed E-state index contributed by atoms with van der Waals surface area (Å²) in [5.41, 5.74) is 1.65. The van der Waals surface area contributed by atoms with E-state index in [2.05, 4.69) is 20.7 Å². The van der Waals surface area contributed by atoms with Crippen molar-refractivity contribution >= 4 is 52.4 Å². The molecule has 0 spiro atoms. The topological polar surface area (TPSA) is 119 Å². The van der Waals surface area contributed by atoms with Gasteiger partial charge in [-0.3, -0.25) is 4.79 Å². The van der Waals surface area contributed by atoms with Crippen molar-refractivity contribution in [2.45, 2.75) is 0 Å². The average Bonchev–Trinajstić information content (AvgIpc) is 2.73. The van der Waals surface area contributed by atoms with Gasteiger partial charge in [0.2, 0.25) is 11.8 Å². The SMILES string of the molecule is Cn1nc(Nc2c(Cl)cc(C=CC#N)cc2Cl)nc(Nc2ccc(C#N)cc2)c1=O. The second-order valence-electron chi connectivity index (χ2n) is 5.97. The summed E-state index contributed by atoms with van der Waals surface area (Å²) in [6, 6.07) is 13.7. The van der Waals surface area contributed by atoms with Crippen molar-refractivity contribution in [3.8, 4) is 12.1 Å². The second kappa shape index (κ2) is 9.10. The first-order valence-corrected chi connectivity index (χ1v) is 9.21. The minimum atomic E-state index is -0.445. The van der Waals surface area contributed by atoms with Gasteiger partial charge in [-0.25, -0.2) is 4.68 Å². The number of hydrogen-bond donors (Lipinski definition) is 2. The van der Waals surface area contributed by atoms with Gasteiger partial charge in [-0.2, -0.15) is 15.5 Å². The van der Waals surface area contributed by atoms with Crippen LogP contribution in [0.3, 0.4) is 0 Å². The monoisotopic (exact) mass is 437 g/mol. The quantitative estimate of drug-likeness (QED) is 0.568. The lowest BCUT2D eigenvalue weighted by molar-refractivity contribution is 0.699. The highest BCUT2D eigenvalue weighted by molar-refractivity contribution is 6.39. The first-order valence-electron chi connectivity index (χ1n) is 8.46. The molecule has 0 radical (unpaired) electrons. The fourth-order valence-electron chi connectivity index (χ4n) is 2.47. The molecule has 2 aromatic carbocycles. The number of nitrogens with one attached hydrogen (secondary N) is 2. The van der Waals surface area contributed by atoms with Crippen molar-refractivity contribution in [3.05, 3.63) is 74.0 Å². The summed E-state index contributed by atoms with van der Waals surface area (Å²) < 4.78 is 1.12. The molecule has 0 saturated heterocycles. The number of allylic oxidation sites excluding steroid dienone is 1. The third-order valence-corrected chi connectivity index (χ3v) is 4.48. The summed E-state index contributed by atoms with van der Waals surface area (Å²) >= 11 is 12.6. The van der Waals surface area contributed by atoms with E-state index in [1.807, 2.05) is 12.1 Å². The Labute approximate surface area is 181 Å². The van der Waals surface area contributed by atoms with Crippen molar-refractivity contribution in [2.75, 3.05) is 10.6 Å². The summed E-state index contributed by atoms with van der Waals surface area (Å²) in [5, 5.41) is 28.0. The van der Waals surface area contributed by atoms with E-state index in [4.69, 9.17) is 33.7 Å². The molecule has 148 valence electrons. The van der Waals surface area contributed by atoms with E-state index in [1.165, 1.54) is 13.1 Å². The molecule has 30 heavy (non-hydrogen) atoms. The number of rotatable bonds is 5. The summed E-state index contributed by atoms with van der Waals surface area (Å²) in [4.78, 5) is 16.6. The molecule has 0 unspecified atom stereocenters. The minimum Gasteiger partial charge on any atom is -0.335 e. The smallest absolute Gasteiger partial charge is 0.309 e. The Morgan fingerprint density at radius 1 is 1.10 bits per heavy atom. The Morgan fingerprint density at radius 3 is 2.37 bits per heavy atom. The molecule has 3 aromatic rings. The maximum atomic E-state index is 12.4. The first-order chi connectivity index (χ1) is 14.4. The molecular weight excluding hydrogens is 425 g/mol.